The summed E-state index contributed by atoms with van der Waals surface area (Å²) in [4.78, 5) is 12.2. The normalized spacial score (nSPS) is 17.7. The highest BCUT2D eigenvalue weighted by atomic mass is 16.6. The summed E-state index contributed by atoms with van der Waals surface area (Å²) in [6.07, 6.45) is -0.111. The lowest BCUT2D eigenvalue weighted by atomic mass is 10.0. The van der Waals surface area contributed by atoms with Gasteiger partial charge in [-0.15, -0.1) is 0 Å². The average molecular weight is 289 g/mol. The first kappa shape index (κ1) is 15.5. The molecule has 2 N–H and O–H groups in total. The molecule has 5 nitrogen and oxygen atoms in total. The lowest BCUT2D eigenvalue weighted by molar-refractivity contribution is -0.0855. The molecule has 1 aromatic carbocycles. The summed E-state index contributed by atoms with van der Waals surface area (Å²) in [5, 5.41) is 11.6. The molecule has 21 heavy (non-hydrogen) atoms. The van der Waals surface area contributed by atoms with Crippen LogP contribution in [-0.2, 0) is 9.47 Å². The van der Waals surface area contributed by atoms with E-state index in [0.29, 0.717) is 37.5 Å². The van der Waals surface area contributed by atoms with E-state index in [9.17, 15) is 4.79 Å². The molecule has 112 valence electrons. The highest BCUT2D eigenvalue weighted by Gasteiger charge is 2.17. The summed E-state index contributed by atoms with van der Waals surface area (Å²) in [6.45, 7) is 3.74. The molecule has 0 aliphatic carbocycles. The van der Waals surface area contributed by atoms with Crippen molar-refractivity contribution in [3.8, 4) is 11.8 Å². The van der Waals surface area contributed by atoms with Crippen LogP contribution < -0.4 is 5.32 Å². The van der Waals surface area contributed by atoms with Crippen LogP contribution in [0.25, 0.3) is 0 Å². The van der Waals surface area contributed by atoms with E-state index in [4.69, 9.17) is 14.6 Å². The van der Waals surface area contributed by atoms with Crippen LogP contribution >= 0.6 is 0 Å². The molecule has 1 atom stereocenters. The number of amides is 1. The third-order valence-electron chi connectivity index (χ3n) is 3.10. The van der Waals surface area contributed by atoms with Crippen LogP contribution in [0.1, 0.15) is 21.5 Å². The van der Waals surface area contributed by atoms with Crippen LogP contribution in [0, 0.1) is 18.8 Å². The van der Waals surface area contributed by atoms with Gasteiger partial charge in [0, 0.05) is 12.1 Å². The van der Waals surface area contributed by atoms with Gasteiger partial charge < -0.3 is 19.9 Å². The third kappa shape index (κ3) is 4.57. The summed E-state index contributed by atoms with van der Waals surface area (Å²) >= 11 is 0. The average Bonchev–Trinajstić information content (AvgIpc) is 2.51. The molecule has 1 aliphatic rings. The molecule has 0 spiro atoms. The molecule has 2 rings (SSSR count). The van der Waals surface area contributed by atoms with E-state index in [1.807, 2.05) is 19.1 Å². The molecule has 5 heteroatoms. The fourth-order valence-corrected chi connectivity index (χ4v) is 2.05. The molecule has 0 radical (unpaired) electrons. The highest BCUT2D eigenvalue weighted by Crippen LogP contribution is 2.11. The quantitative estimate of drug-likeness (QED) is 0.795. The maximum atomic E-state index is 12.2. The second kappa shape index (κ2) is 7.79. The third-order valence-corrected chi connectivity index (χ3v) is 3.10. The molecule has 1 aromatic rings. The number of ether oxygens (including phenoxy) is 2. The zero-order valence-corrected chi connectivity index (χ0v) is 12.0. The smallest absolute Gasteiger partial charge is 0.252 e. The highest BCUT2D eigenvalue weighted by molar-refractivity contribution is 5.96. The van der Waals surface area contributed by atoms with Gasteiger partial charge in [0.15, 0.2) is 0 Å². The number of aryl methyl sites for hydroxylation is 1. The predicted molar refractivity (Wildman–Crippen MR) is 78.0 cm³/mol. The molecule has 1 amide bonds. The summed E-state index contributed by atoms with van der Waals surface area (Å²) in [6, 6.07) is 5.43. The number of benzene rings is 1. The van der Waals surface area contributed by atoms with Gasteiger partial charge in [0.25, 0.3) is 5.91 Å². The molecular weight excluding hydrogens is 270 g/mol. The van der Waals surface area contributed by atoms with Crippen molar-refractivity contribution < 1.29 is 19.4 Å². The van der Waals surface area contributed by atoms with E-state index >= 15 is 0 Å². The van der Waals surface area contributed by atoms with Crippen molar-refractivity contribution in [1.29, 1.82) is 0 Å². The first-order valence-electron chi connectivity index (χ1n) is 6.88. The molecular formula is C16H19NO4. The lowest BCUT2D eigenvalue weighted by Gasteiger charge is -2.23. The summed E-state index contributed by atoms with van der Waals surface area (Å²) in [5.41, 5.74) is 2.12. The van der Waals surface area contributed by atoms with Crippen LogP contribution in [0.5, 0.6) is 0 Å². The fraction of sp³-hybridized carbons (Fsp3) is 0.438. The Morgan fingerprint density at radius 2 is 2.33 bits per heavy atom. The standard InChI is InChI=1S/C16H19NO4/c1-12-4-5-15(13(9-12)3-2-6-18)16(19)17-10-14-11-20-7-8-21-14/h4-5,9,14,18H,6-8,10-11H2,1H3,(H,17,19). The number of carbonyl (C=O) groups is 1. The number of carbonyl (C=O) groups excluding carboxylic acids is 1. The predicted octanol–water partition coefficient (Wildman–Crippen LogP) is 0.484. The molecule has 1 aliphatic heterocycles. The second-order valence-electron chi connectivity index (χ2n) is 4.79. The Labute approximate surface area is 124 Å². The fourth-order valence-electron chi connectivity index (χ4n) is 2.05. The minimum absolute atomic E-state index is 0.111. The molecule has 1 saturated heterocycles. The van der Waals surface area contributed by atoms with Crippen LogP contribution in [0.3, 0.4) is 0 Å². The van der Waals surface area contributed by atoms with Gasteiger partial charge in [-0.25, -0.2) is 0 Å². The van der Waals surface area contributed by atoms with Crippen LogP contribution in [0.4, 0.5) is 0 Å². The van der Waals surface area contributed by atoms with Gasteiger partial charge in [0.1, 0.15) is 6.61 Å². The zero-order valence-electron chi connectivity index (χ0n) is 12.0. The largest absolute Gasteiger partial charge is 0.384 e. The van der Waals surface area contributed by atoms with Crippen LogP contribution in [-0.4, -0.2) is 50.1 Å². The Hall–Kier alpha value is -1.87. The van der Waals surface area contributed by atoms with Gasteiger partial charge >= 0.3 is 0 Å². The number of nitrogens with one attached hydrogen (secondary N) is 1. The van der Waals surface area contributed by atoms with Gasteiger partial charge in [-0.3, -0.25) is 4.79 Å². The van der Waals surface area contributed by atoms with Crippen molar-refractivity contribution in [3.05, 3.63) is 34.9 Å². The number of aliphatic hydroxyl groups is 1. The van der Waals surface area contributed by atoms with E-state index in [1.54, 1.807) is 6.07 Å². The number of aliphatic hydroxyl groups excluding tert-OH is 1. The van der Waals surface area contributed by atoms with Crippen molar-refractivity contribution in [2.75, 3.05) is 33.0 Å². The topological polar surface area (TPSA) is 67.8 Å². The van der Waals surface area contributed by atoms with Gasteiger partial charge in [0.2, 0.25) is 0 Å². The first-order chi connectivity index (χ1) is 10.2. The van der Waals surface area contributed by atoms with Gasteiger partial charge in [-0.2, -0.15) is 0 Å². The Bertz CT molecular complexity index is 553. The first-order valence-corrected chi connectivity index (χ1v) is 6.88. The van der Waals surface area contributed by atoms with Crippen molar-refractivity contribution in [1.82, 2.24) is 5.32 Å². The van der Waals surface area contributed by atoms with Crippen molar-refractivity contribution in [3.63, 3.8) is 0 Å². The van der Waals surface area contributed by atoms with E-state index < -0.39 is 0 Å². The number of hydrogen-bond acceptors (Lipinski definition) is 4. The van der Waals surface area contributed by atoms with Crippen molar-refractivity contribution in [2.45, 2.75) is 13.0 Å². The SMILES string of the molecule is Cc1ccc(C(=O)NCC2COCCO2)c(C#CCO)c1. The number of hydrogen-bond donors (Lipinski definition) is 2. The van der Waals surface area contributed by atoms with Gasteiger partial charge in [-0.1, -0.05) is 17.9 Å². The van der Waals surface area contributed by atoms with Crippen molar-refractivity contribution >= 4 is 5.91 Å². The van der Waals surface area contributed by atoms with Crippen molar-refractivity contribution in [2.24, 2.45) is 0 Å². The Morgan fingerprint density at radius 1 is 1.48 bits per heavy atom. The van der Waals surface area contributed by atoms with E-state index in [0.717, 1.165) is 5.56 Å². The minimum Gasteiger partial charge on any atom is -0.384 e. The molecule has 0 saturated carbocycles. The zero-order chi connectivity index (χ0) is 15.1. The lowest BCUT2D eigenvalue weighted by Crippen LogP contribution is -2.39. The Morgan fingerprint density at radius 3 is 3.05 bits per heavy atom. The van der Waals surface area contributed by atoms with E-state index in [-0.39, 0.29) is 18.6 Å². The molecule has 1 heterocycles. The van der Waals surface area contributed by atoms with Gasteiger partial charge in [0.05, 0.1) is 31.5 Å². The minimum atomic E-state index is -0.234. The molecule has 0 aromatic heterocycles. The van der Waals surface area contributed by atoms with E-state index in [2.05, 4.69) is 17.2 Å². The molecule has 1 fully saturated rings. The second-order valence-corrected chi connectivity index (χ2v) is 4.79. The number of rotatable bonds is 3. The monoisotopic (exact) mass is 289 g/mol. The maximum absolute atomic E-state index is 12.2. The molecule has 0 bridgehead atoms. The van der Waals surface area contributed by atoms with Gasteiger partial charge in [-0.05, 0) is 24.6 Å². The maximum Gasteiger partial charge on any atom is 0.252 e. The summed E-state index contributed by atoms with van der Waals surface area (Å²) < 4.78 is 10.8. The van der Waals surface area contributed by atoms with E-state index in [1.165, 1.54) is 0 Å². The Kier molecular flexibility index (Phi) is 5.76. The van der Waals surface area contributed by atoms with Crippen LogP contribution in [0.2, 0.25) is 0 Å². The summed E-state index contributed by atoms with van der Waals surface area (Å²) in [7, 11) is 0. The molecule has 1 unspecified atom stereocenters. The van der Waals surface area contributed by atoms with Crippen LogP contribution in [0.15, 0.2) is 18.2 Å². The summed E-state index contributed by atoms with van der Waals surface area (Å²) in [5.74, 6) is 5.18. The Balaban J connectivity index is 2.03.